The molecule has 0 amide bonds. The summed E-state index contributed by atoms with van der Waals surface area (Å²) in [5.74, 6) is 3.31. The van der Waals surface area contributed by atoms with Crippen LogP contribution in [0.5, 0.6) is 0 Å². The smallest absolute Gasteiger partial charge is 0.0158 e. The molecule has 112 valence electrons. The molecule has 3 unspecified atom stereocenters. The number of thioether (sulfide) groups is 1. The molecule has 0 bridgehead atoms. The van der Waals surface area contributed by atoms with Crippen LogP contribution in [0.3, 0.4) is 0 Å². The monoisotopic (exact) mass is 283 g/mol. The van der Waals surface area contributed by atoms with Crippen molar-refractivity contribution in [2.45, 2.75) is 83.2 Å². The molecule has 2 aliphatic carbocycles. The van der Waals surface area contributed by atoms with E-state index in [1.165, 1.54) is 70.0 Å². The van der Waals surface area contributed by atoms with Crippen LogP contribution in [0, 0.1) is 11.8 Å². The van der Waals surface area contributed by atoms with Gasteiger partial charge in [-0.3, -0.25) is 0 Å². The molecule has 2 heteroatoms. The van der Waals surface area contributed by atoms with Crippen LogP contribution in [0.15, 0.2) is 0 Å². The van der Waals surface area contributed by atoms with Crippen molar-refractivity contribution in [2.75, 3.05) is 12.0 Å². The lowest BCUT2D eigenvalue weighted by Crippen LogP contribution is -2.47. The van der Waals surface area contributed by atoms with E-state index in [4.69, 9.17) is 0 Å². The average molecular weight is 284 g/mol. The van der Waals surface area contributed by atoms with E-state index in [-0.39, 0.29) is 0 Å². The molecule has 2 rings (SSSR count). The van der Waals surface area contributed by atoms with Gasteiger partial charge in [-0.1, -0.05) is 51.9 Å². The first-order valence-corrected chi connectivity index (χ1v) is 9.99. The van der Waals surface area contributed by atoms with Crippen molar-refractivity contribution in [1.82, 2.24) is 5.32 Å². The average Bonchev–Trinajstić information content (AvgIpc) is 2.48. The number of nitrogens with one attached hydrogen (secondary N) is 1. The van der Waals surface area contributed by atoms with Gasteiger partial charge in [-0.2, -0.15) is 11.8 Å². The Kier molecular flexibility index (Phi) is 7.07. The van der Waals surface area contributed by atoms with Gasteiger partial charge in [-0.05, 0) is 37.4 Å². The van der Waals surface area contributed by atoms with Crippen molar-refractivity contribution in [1.29, 1.82) is 0 Å². The van der Waals surface area contributed by atoms with E-state index in [2.05, 4.69) is 18.5 Å². The number of hydrogen-bond donors (Lipinski definition) is 1. The SMILES string of the molecule is CCC(CSC)NC1CCCCC1C1CCCCC1. The highest BCUT2D eigenvalue weighted by Crippen LogP contribution is 2.38. The van der Waals surface area contributed by atoms with Gasteiger partial charge in [-0.25, -0.2) is 0 Å². The molecule has 0 spiro atoms. The molecule has 1 N–H and O–H groups in total. The maximum Gasteiger partial charge on any atom is 0.0158 e. The Labute approximate surface area is 124 Å². The topological polar surface area (TPSA) is 12.0 Å². The van der Waals surface area contributed by atoms with Crippen molar-refractivity contribution in [3.63, 3.8) is 0 Å². The predicted molar refractivity (Wildman–Crippen MR) is 87.9 cm³/mol. The minimum absolute atomic E-state index is 0.740. The summed E-state index contributed by atoms with van der Waals surface area (Å²) in [7, 11) is 0. The minimum atomic E-state index is 0.740. The zero-order chi connectivity index (χ0) is 13.5. The van der Waals surface area contributed by atoms with Gasteiger partial charge in [0.15, 0.2) is 0 Å². The molecule has 0 aromatic carbocycles. The standard InChI is InChI=1S/C17H33NS/c1-3-15(13-19-2)18-17-12-8-7-11-16(17)14-9-5-4-6-10-14/h14-18H,3-13H2,1-2H3. The molecule has 2 aliphatic rings. The molecule has 1 nitrogen and oxygen atoms in total. The Morgan fingerprint density at radius 1 is 1.00 bits per heavy atom. The van der Waals surface area contributed by atoms with Crippen LogP contribution in [0.1, 0.15) is 71.1 Å². The maximum atomic E-state index is 4.03. The fourth-order valence-electron chi connectivity index (χ4n) is 4.28. The van der Waals surface area contributed by atoms with E-state index in [0.717, 1.165) is 23.9 Å². The predicted octanol–water partition coefficient (Wildman–Crippen LogP) is 4.86. The molecule has 3 atom stereocenters. The van der Waals surface area contributed by atoms with E-state index >= 15 is 0 Å². The molecule has 2 fully saturated rings. The molecule has 0 aromatic heterocycles. The number of hydrogen-bond acceptors (Lipinski definition) is 2. The molecule has 0 aliphatic heterocycles. The molecule has 0 saturated heterocycles. The van der Waals surface area contributed by atoms with Crippen LogP contribution in [0.4, 0.5) is 0 Å². The van der Waals surface area contributed by atoms with Crippen molar-refractivity contribution >= 4 is 11.8 Å². The van der Waals surface area contributed by atoms with Crippen molar-refractivity contribution < 1.29 is 0 Å². The van der Waals surface area contributed by atoms with Crippen LogP contribution in [0.25, 0.3) is 0 Å². The first kappa shape index (κ1) is 15.7. The van der Waals surface area contributed by atoms with Gasteiger partial charge in [0.05, 0.1) is 0 Å². The van der Waals surface area contributed by atoms with Crippen LogP contribution in [-0.4, -0.2) is 24.1 Å². The van der Waals surface area contributed by atoms with Gasteiger partial charge < -0.3 is 5.32 Å². The Morgan fingerprint density at radius 3 is 2.37 bits per heavy atom. The van der Waals surface area contributed by atoms with Crippen molar-refractivity contribution in [3.05, 3.63) is 0 Å². The van der Waals surface area contributed by atoms with Crippen LogP contribution in [-0.2, 0) is 0 Å². The summed E-state index contributed by atoms with van der Waals surface area (Å²) in [6, 6.07) is 1.57. The van der Waals surface area contributed by atoms with E-state index in [1.807, 2.05) is 11.8 Å². The Hall–Kier alpha value is 0.310. The fourth-order valence-corrected chi connectivity index (χ4v) is 5.02. The summed E-state index contributed by atoms with van der Waals surface area (Å²) in [4.78, 5) is 0. The van der Waals surface area contributed by atoms with Gasteiger partial charge >= 0.3 is 0 Å². The summed E-state index contributed by atoms with van der Waals surface area (Å²) in [5.41, 5.74) is 0. The Morgan fingerprint density at radius 2 is 1.68 bits per heavy atom. The third-order valence-corrected chi connectivity index (χ3v) is 6.12. The molecule has 0 heterocycles. The molecular weight excluding hydrogens is 250 g/mol. The van der Waals surface area contributed by atoms with E-state index in [9.17, 15) is 0 Å². The highest BCUT2D eigenvalue weighted by Gasteiger charge is 2.33. The summed E-state index contributed by atoms with van der Waals surface area (Å²) in [6.07, 6.45) is 16.9. The first-order valence-electron chi connectivity index (χ1n) is 8.60. The molecule has 19 heavy (non-hydrogen) atoms. The quantitative estimate of drug-likeness (QED) is 0.747. The maximum absolute atomic E-state index is 4.03. The normalized spacial score (nSPS) is 31.3. The third-order valence-electron chi connectivity index (χ3n) is 5.39. The lowest BCUT2D eigenvalue weighted by molar-refractivity contribution is 0.143. The molecule has 0 radical (unpaired) electrons. The fraction of sp³-hybridized carbons (Fsp3) is 1.00. The zero-order valence-corrected chi connectivity index (χ0v) is 13.8. The highest BCUT2D eigenvalue weighted by molar-refractivity contribution is 7.98. The zero-order valence-electron chi connectivity index (χ0n) is 13.0. The van der Waals surface area contributed by atoms with Crippen LogP contribution in [0.2, 0.25) is 0 Å². The number of rotatable bonds is 6. The lowest BCUT2D eigenvalue weighted by atomic mass is 9.71. The van der Waals surface area contributed by atoms with Gasteiger partial charge in [0.1, 0.15) is 0 Å². The second kappa shape index (κ2) is 8.56. The minimum Gasteiger partial charge on any atom is -0.310 e. The molecular formula is C17H33NS. The summed E-state index contributed by atoms with van der Waals surface area (Å²) < 4.78 is 0. The van der Waals surface area contributed by atoms with E-state index in [0.29, 0.717) is 0 Å². The van der Waals surface area contributed by atoms with Gasteiger partial charge in [-0.15, -0.1) is 0 Å². The summed E-state index contributed by atoms with van der Waals surface area (Å²) in [5, 5.41) is 4.03. The first-order chi connectivity index (χ1) is 9.35. The van der Waals surface area contributed by atoms with Crippen molar-refractivity contribution in [2.24, 2.45) is 11.8 Å². The Balaban J connectivity index is 1.90. The van der Waals surface area contributed by atoms with E-state index < -0.39 is 0 Å². The van der Waals surface area contributed by atoms with Gasteiger partial charge in [0.2, 0.25) is 0 Å². The summed E-state index contributed by atoms with van der Waals surface area (Å²) in [6.45, 7) is 2.34. The van der Waals surface area contributed by atoms with E-state index in [1.54, 1.807) is 0 Å². The molecule has 0 aromatic rings. The second-order valence-corrected chi connectivity index (χ2v) is 7.59. The van der Waals surface area contributed by atoms with Gasteiger partial charge in [0, 0.05) is 17.8 Å². The lowest BCUT2D eigenvalue weighted by Gasteiger charge is -2.41. The largest absolute Gasteiger partial charge is 0.310 e. The van der Waals surface area contributed by atoms with Crippen LogP contribution >= 0.6 is 11.8 Å². The van der Waals surface area contributed by atoms with Gasteiger partial charge in [0.25, 0.3) is 0 Å². The Bertz CT molecular complexity index is 237. The molecule has 2 saturated carbocycles. The van der Waals surface area contributed by atoms with Crippen molar-refractivity contribution in [3.8, 4) is 0 Å². The van der Waals surface area contributed by atoms with Crippen LogP contribution < -0.4 is 5.32 Å². The third kappa shape index (κ3) is 4.67. The second-order valence-electron chi connectivity index (χ2n) is 6.68. The highest BCUT2D eigenvalue weighted by atomic mass is 32.2. The summed E-state index contributed by atoms with van der Waals surface area (Å²) >= 11 is 2.00.